The van der Waals surface area contributed by atoms with E-state index in [1.807, 2.05) is 6.07 Å². The maximum atomic E-state index is 11.8. The van der Waals surface area contributed by atoms with Crippen molar-refractivity contribution in [3.05, 3.63) is 35.9 Å². The van der Waals surface area contributed by atoms with E-state index in [-0.39, 0.29) is 11.9 Å². The molecule has 1 atom stereocenters. The minimum Gasteiger partial charge on any atom is -0.351 e. The second-order valence-corrected chi connectivity index (χ2v) is 6.23. The molecule has 116 valence electrons. The third-order valence-corrected chi connectivity index (χ3v) is 3.70. The van der Waals surface area contributed by atoms with Gasteiger partial charge in [0.1, 0.15) is 0 Å². The van der Waals surface area contributed by atoms with E-state index >= 15 is 0 Å². The van der Waals surface area contributed by atoms with Crippen LogP contribution in [0.4, 0.5) is 0 Å². The summed E-state index contributed by atoms with van der Waals surface area (Å²) in [6.07, 6.45) is 2.63. The average molecular weight is 289 g/mol. The molecule has 0 radical (unpaired) electrons. The molecule has 1 aromatic rings. The molecule has 0 aliphatic heterocycles. The fourth-order valence-corrected chi connectivity index (χ4v) is 2.51. The van der Waals surface area contributed by atoms with Gasteiger partial charge < -0.3 is 15.5 Å². The van der Waals surface area contributed by atoms with Gasteiger partial charge in [0.2, 0.25) is 5.91 Å². The zero-order valence-corrected chi connectivity index (χ0v) is 13.1. The number of carbonyl (C=O) groups excluding carboxylic acids is 1. The smallest absolute Gasteiger partial charge is 0.234 e. The highest BCUT2D eigenvalue weighted by Gasteiger charge is 2.20. The van der Waals surface area contributed by atoms with Crippen LogP contribution in [0.25, 0.3) is 0 Å². The van der Waals surface area contributed by atoms with E-state index in [1.54, 1.807) is 0 Å². The van der Waals surface area contributed by atoms with Crippen LogP contribution in [0.2, 0.25) is 0 Å². The SMILES string of the molecule is CC(CN(C)Cc1ccccc1)NC(=O)CNCC1CC1. The van der Waals surface area contributed by atoms with Crippen molar-refractivity contribution in [2.45, 2.75) is 32.4 Å². The van der Waals surface area contributed by atoms with Crippen LogP contribution >= 0.6 is 0 Å². The lowest BCUT2D eigenvalue weighted by atomic mass is 10.2. The Morgan fingerprint density at radius 2 is 2.05 bits per heavy atom. The quantitative estimate of drug-likeness (QED) is 0.726. The molecule has 2 rings (SSSR count). The summed E-state index contributed by atoms with van der Waals surface area (Å²) < 4.78 is 0. The summed E-state index contributed by atoms with van der Waals surface area (Å²) in [6, 6.07) is 10.6. The van der Waals surface area contributed by atoms with Crippen LogP contribution in [-0.2, 0) is 11.3 Å². The predicted octanol–water partition coefficient (Wildman–Crippen LogP) is 1.62. The Kier molecular flexibility index (Phi) is 6.21. The van der Waals surface area contributed by atoms with Crippen molar-refractivity contribution in [1.82, 2.24) is 15.5 Å². The first-order chi connectivity index (χ1) is 10.1. The summed E-state index contributed by atoms with van der Waals surface area (Å²) in [4.78, 5) is 14.0. The molecule has 0 aromatic heterocycles. The molecule has 1 aliphatic rings. The lowest BCUT2D eigenvalue weighted by Gasteiger charge is -2.22. The molecule has 1 aliphatic carbocycles. The number of benzene rings is 1. The third kappa shape index (κ3) is 6.74. The zero-order chi connectivity index (χ0) is 15.1. The molecular formula is C17H27N3O. The van der Waals surface area contributed by atoms with E-state index in [2.05, 4.69) is 53.8 Å². The Labute approximate surface area is 127 Å². The van der Waals surface area contributed by atoms with Crippen molar-refractivity contribution < 1.29 is 4.79 Å². The van der Waals surface area contributed by atoms with Gasteiger partial charge in [0.05, 0.1) is 6.54 Å². The van der Waals surface area contributed by atoms with Gasteiger partial charge in [0, 0.05) is 19.1 Å². The Hall–Kier alpha value is -1.39. The number of carbonyl (C=O) groups is 1. The highest BCUT2D eigenvalue weighted by atomic mass is 16.1. The van der Waals surface area contributed by atoms with Gasteiger partial charge in [-0.05, 0) is 44.8 Å². The summed E-state index contributed by atoms with van der Waals surface area (Å²) in [5.41, 5.74) is 1.30. The van der Waals surface area contributed by atoms with Crippen molar-refractivity contribution in [1.29, 1.82) is 0 Å². The van der Waals surface area contributed by atoms with E-state index in [0.717, 1.165) is 25.6 Å². The molecule has 0 heterocycles. The normalized spacial score (nSPS) is 16.0. The van der Waals surface area contributed by atoms with Gasteiger partial charge in [0.25, 0.3) is 0 Å². The Bertz CT molecular complexity index is 431. The first-order valence-electron chi connectivity index (χ1n) is 7.86. The fraction of sp³-hybridized carbons (Fsp3) is 0.588. The number of hydrogen-bond donors (Lipinski definition) is 2. The molecule has 4 heteroatoms. The molecule has 4 nitrogen and oxygen atoms in total. The number of hydrogen-bond acceptors (Lipinski definition) is 3. The molecule has 1 aromatic carbocycles. The first kappa shape index (κ1) is 16.0. The van der Waals surface area contributed by atoms with E-state index in [1.165, 1.54) is 18.4 Å². The highest BCUT2D eigenvalue weighted by molar-refractivity contribution is 5.78. The average Bonchev–Trinajstić information content (AvgIpc) is 3.23. The van der Waals surface area contributed by atoms with Crippen LogP contribution in [0.3, 0.4) is 0 Å². The molecule has 0 spiro atoms. The number of amides is 1. The van der Waals surface area contributed by atoms with Gasteiger partial charge >= 0.3 is 0 Å². The maximum absolute atomic E-state index is 11.8. The van der Waals surface area contributed by atoms with E-state index < -0.39 is 0 Å². The third-order valence-electron chi connectivity index (χ3n) is 3.70. The largest absolute Gasteiger partial charge is 0.351 e. The number of likely N-dealkylation sites (N-methyl/N-ethyl adjacent to an activating group) is 1. The van der Waals surface area contributed by atoms with Crippen molar-refractivity contribution in [3.63, 3.8) is 0 Å². The highest BCUT2D eigenvalue weighted by Crippen LogP contribution is 2.27. The van der Waals surface area contributed by atoms with Crippen molar-refractivity contribution >= 4 is 5.91 Å². The maximum Gasteiger partial charge on any atom is 0.234 e. The van der Waals surface area contributed by atoms with Crippen molar-refractivity contribution in [2.24, 2.45) is 5.92 Å². The standard InChI is InChI=1S/C17H27N3O/c1-14(19-17(21)11-18-10-15-8-9-15)12-20(2)13-16-6-4-3-5-7-16/h3-7,14-15,18H,8-13H2,1-2H3,(H,19,21). The van der Waals surface area contributed by atoms with E-state index in [9.17, 15) is 4.79 Å². The second-order valence-electron chi connectivity index (χ2n) is 6.23. The zero-order valence-electron chi connectivity index (χ0n) is 13.1. The molecule has 1 amide bonds. The summed E-state index contributed by atoms with van der Waals surface area (Å²) in [5.74, 6) is 0.906. The van der Waals surface area contributed by atoms with Crippen LogP contribution in [0.1, 0.15) is 25.3 Å². The van der Waals surface area contributed by atoms with Crippen LogP contribution in [-0.4, -0.2) is 43.5 Å². The van der Waals surface area contributed by atoms with Gasteiger partial charge in [0.15, 0.2) is 0 Å². The molecule has 0 bridgehead atoms. The molecule has 21 heavy (non-hydrogen) atoms. The number of rotatable bonds is 9. The summed E-state index contributed by atoms with van der Waals surface area (Å²) in [5, 5.41) is 6.27. The van der Waals surface area contributed by atoms with Crippen LogP contribution in [0.15, 0.2) is 30.3 Å². The van der Waals surface area contributed by atoms with Crippen molar-refractivity contribution in [3.8, 4) is 0 Å². The van der Waals surface area contributed by atoms with Gasteiger partial charge in [-0.25, -0.2) is 0 Å². The number of nitrogens with zero attached hydrogens (tertiary/aromatic N) is 1. The Morgan fingerprint density at radius 3 is 2.71 bits per heavy atom. The fourth-order valence-electron chi connectivity index (χ4n) is 2.51. The Balaban J connectivity index is 1.60. The van der Waals surface area contributed by atoms with Gasteiger partial charge in [-0.15, -0.1) is 0 Å². The van der Waals surface area contributed by atoms with Crippen LogP contribution in [0.5, 0.6) is 0 Å². The molecule has 1 unspecified atom stereocenters. The first-order valence-corrected chi connectivity index (χ1v) is 7.86. The lowest BCUT2D eigenvalue weighted by Crippen LogP contribution is -2.44. The predicted molar refractivity (Wildman–Crippen MR) is 86.0 cm³/mol. The second kappa shape index (κ2) is 8.15. The lowest BCUT2D eigenvalue weighted by molar-refractivity contribution is -0.120. The summed E-state index contributed by atoms with van der Waals surface area (Å²) in [6.45, 7) is 5.23. The minimum absolute atomic E-state index is 0.0938. The topological polar surface area (TPSA) is 44.4 Å². The number of nitrogens with one attached hydrogen (secondary N) is 2. The van der Waals surface area contributed by atoms with Gasteiger partial charge in [-0.3, -0.25) is 4.79 Å². The molecule has 1 saturated carbocycles. The van der Waals surface area contributed by atoms with Crippen LogP contribution < -0.4 is 10.6 Å². The van der Waals surface area contributed by atoms with Gasteiger partial charge in [-0.1, -0.05) is 30.3 Å². The molecule has 1 fully saturated rings. The van der Waals surface area contributed by atoms with Gasteiger partial charge in [-0.2, -0.15) is 0 Å². The molecule has 2 N–H and O–H groups in total. The van der Waals surface area contributed by atoms with Crippen LogP contribution in [0, 0.1) is 5.92 Å². The van der Waals surface area contributed by atoms with E-state index in [4.69, 9.17) is 0 Å². The summed E-state index contributed by atoms with van der Waals surface area (Å²) >= 11 is 0. The van der Waals surface area contributed by atoms with E-state index in [0.29, 0.717) is 6.54 Å². The summed E-state index contributed by atoms with van der Waals surface area (Å²) in [7, 11) is 2.08. The monoisotopic (exact) mass is 289 g/mol. The van der Waals surface area contributed by atoms with Crippen molar-refractivity contribution in [2.75, 3.05) is 26.7 Å². The Morgan fingerprint density at radius 1 is 1.33 bits per heavy atom. The minimum atomic E-state index is 0.0938. The molecular weight excluding hydrogens is 262 g/mol. The molecule has 0 saturated heterocycles.